The second kappa shape index (κ2) is 22.1. The number of rotatable bonds is 17. The summed E-state index contributed by atoms with van der Waals surface area (Å²) in [5.41, 5.74) is 0. The van der Waals surface area contributed by atoms with Crippen molar-refractivity contribution in [2.75, 3.05) is 6.61 Å². The van der Waals surface area contributed by atoms with Crippen molar-refractivity contribution in [3.8, 4) is 23.7 Å². The van der Waals surface area contributed by atoms with Gasteiger partial charge in [-0.2, -0.15) is 0 Å². The molecule has 0 saturated carbocycles. The first-order valence-corrected chi connectivity index (χ1v) is 11.6. The Morgan fingerprint density at radius 2 is 1.18 bits per heavy atom. The first-order valence-electron chi connectivity index (χ1n) is 11.6. The fourth-order valence-corrected chi connectivity index (χ4v) is 3.16. The molecule has 2 heteroatoms. The van der Waals surface area contributed by atoms with Crippen LogP contribution >= 0.6 is 0 Å². The molecule has 1 atom stereocenters. The van der Waals surface area contributed by atoms with Crippen LogP contribution in [0.2, 0.25) is 0 Å². The molecule has 0 rings (SSSR count). The van der Waals surface area contributed by atoms with Gasteiger partial charge in [0.15, 0.2) is 0 Å². The second-order valence-electron chi connectivity index (χ2n) is 8.15. The van der Waals surface area contributed by atoms with E-state index in [9.17, 15) is 5.11 Å². The molecule has 28 heavy (non-hydrogen) atoms. The highest BCUT2D eigenvalue weighted by molar-refractivity contribution is 5.27. The molecule has 2 nitrogen and oxygen atoms in total. The largest absolute Gasteiger partial charge is 0.384 e. The van der Waals surface area contributed by atoms with Crippen LogP contribution in [0.1, 0.15) is 110 Å². The lowest BCUT2D eigenvalue weighted by Gasteiger charge is -2.03. The predicted octanol–water partition coefficient (Wildman–Crippen LogP) is 6.41. The maximum atomic E-state index is 9.67. The summed E-state index contributed by atoms with van der Waals surface area (Å²) < 4.78 is 0. The number of aliphatic hydroxyl groups is 2. The third-order valence-electron chi connectivity index (χ3n) is 4.89. The van der Waals surface area contributed by atoms with E-state index in [2.05, 4.69) is 49.7 Å². The Bertz CT molecular complexity index is 470. The summed E-state index contributed by atoms with van der Waals surface area (Å²) >= 11 is 0. The molecule has 160 valence electrons. The lowest BCUT2D eigenvalue weighted by Crippen LogP contribution is -2.01. The summed E-state index contributed by atoms with van der Waals surface area (Å²) in [5.74, 6) is 11.1. The highest BCUT2D eigenvalue weighted by atomic mass is 16.3. The van der Waals surface area contributed by atoms with Crippen LogP contribution in [0.5, 0.6) is 0 Å². The predicted molar refractivity (Wildman–Crippen MR) is 122 cm³/mol. The highest BCUT2D eigenvalue weighted by Gasteiger charge is 1.98. The van der Waals surface area contributed by atoms with Gasteiger partial charge >= 0.3 is 0 Å². The Morgan fingerprint density at radius 1 is 0.679 bits per heavy atom. The Labute approximate surface area is 175 Å². The van der Waals surface area contributed by atoms with Crippen LogP contribution in [-0.4, -0.2) is 22.9 Å². The molecule has 0 aliphatic heterocycles. The van der Waals surface area contributed by atoms with Gasteiger partial charge in [0.2, 0.25) is 0 Å². The van der Waals surface area contributed by atoms with Gasteiger partial charge in [0.1, 0.15) is 12.7 Å². The smallest absolute Gasteiger partial charge is 0.115 e. The topological polar surface area (TPSA) is 40.5 Å². The van der Waals surface area contributed by atoms with Gasteiger partial charge < -0.3 is 10.2 Å². The number of allylic oxidation sites excluding steroid dienone is 2. The molecule has 0 heterocycles. The molecule has 0 aliphatic carbocycles. The Morgan fingerprint density at radius 3 is 1.71 bits per heavy atom. The van der Waals surface area contributed by atoms with Crippen molar-refractivity contribution in [3.05, 3.63) is 12.2 Å². The molecule has 0 unspecified atom stereocenters. The average molecular weight is 389 g/mol. The van der Waals surface area contributed by atoms with E-state index in [0.717, 1.165) is 25.2 Å². The van der Waals surface area contributed by atoms with E-state index < -0.39 is 6.10 Å². The third kappa shape index (κ3) is 22.8. The number of unbranched alkanes of at least 4 members (excludes halogenated alkanes) is 11. The van der Waals surface area contributed by atoms with Crippen molar-refractivity contribution in [2.24, 2.45) is 5.92 Å². The summed E-state index contributed by atoms with van der Waals surface area (Å²) in [7, 11) is 0. The molecule has 0 aromatic rings. The maximum absolute atomic E-state index is 9.67. The summed E-state index contributed by atoms with van der Waals surface area (Å²) in [5, 5.41) is 18.2. The average Bonchev–Trinajstić information content (AvgIpc) is 2.67. The normalized spacial score (nSPS) is 11.9. The quantitative estimate of drug-likeness (QED) is 0.172. The van der Waals surface area contributed by atoms with E-state index in [0.29, 0.717) is 0 Å². The SMILES string of the molecule is CC(C)CCCCCCC=CCCCCCCCCC[C@@H](O)C#CC#CCO. The Kier molecular flexibility index (Phi) is 21.1. The van der Waals surface area contributed by atoms with Gasteiger partial charge in [-0.15, -0.1) is 0 Å². The van der Waals surface area contributed by atoms with Crippen molar-refractivity contribution < 1.29 is 10.2 Å². The van der Waals surface area contributed by atoms with Crippen molar-refractivity contribution >= 4 is 0 Å². The lowest BCUT2D eigenvalue weighted by molar-refractivity contribution is 0.217. The second-order valence-corrected chi connectivity index (χ2v) is 8.15. The van der Waals surface area contributed by atoms with E-state index in [-0.39, 0.29) is 6.61 Å². The first kappa shape index (κ1) is 26.8. The fourth-order valence-electron chi connectivity index (χ4n) is 3.16. The highest BCUT2D eigenvalue weighted by Crippen LogP contribution is 2.12. The van der Waals surface area contributed by atoms with Crippen LogP contribution in [-0.2, 0) is 0 Å². The summed E-state index contributed by atoms with van der Waals surface area (Å²) in [6.07, 6.45) is 23.0. The standard InChI is InChI=1S/C26H44O2/c1-25(2)21-17-14-12-10-8-6-4-3-5-7-9-11-13-15-18-22-26(28)23-19-16-20-24-27/h4,6,25-28H,3,5,7-15,17-18,21-22,24H2,1-2H3/t26-/m1/s1. The van der Waals surface area contributed by atoms with Crippen molar-refractivity contribution in [1.82, 2.24) is 0 Å². The minimum Gasteiger partial charge on any atom is -0.384 e. The van der Waals surface area contributed by atoms with Gasteiger partial charge in [-0.3, -0.25) is 0 Å². The maximum Gasteiger partial charge on any atom is 0.115 e. The molecular formula is C26H44O2. The summed E-state index contributed by atoms with van der Waals surface area (Å²) in [4.78, 5) is 0. The lowest BCUT2D eigenvalue weighted by atomic mass is 10.0. The van der Waals surface area contributed by atoms with Crippen LogP contribution < -0.4 is 0 Å². The molecule has 0 aliphatic rings. The van der Waals surface area contributed by atoms with Crippen LogP contribution in [0.3, 0.4) is 0 Å². The van der Waals surface area contributed by atoms with Crippen LogP contribution in [0.15, 0.2) is 12.2 Å². The van der Waals surface area contributed by atoms with Gasteiger partial charge in [0.05, 0.1) is 0 Å². The number of hydrogen-bond acceptors (Lipinski definition) is 2. The zero-order valence-corrected chi connectivity index (χ0v) is 18.5. The number of aliphatic hydroxyl groups excluding tert-OH is 2. The molecule has 0 fully saturated rings. The first-order chi connectivity index (χ1) is 13.7. The molecule has 0 spiro atoms. The molecule has 0 aromatic heterocycles. The number of hydrogen-bond donors (Lipinski definition) is 2. The molecule has 0 aromatic carbocycles. The minimum atomic E-state index is -0.584. The van der Waals surface area contributed by atoms with Crippen molar-refractivity contribution in [1.29, 1.82) is 0 Å². The van der Waals surface area contributed by atoms with Crippen LogP contribution in [0, 0.1) is 29.6 Å². The van der Waals surface area contributed by atoms with Crippen molar-refractivity contribution in [2.45, 2.75) is 116 Å². The van der Waals surface area contributed by atoms with Crippen molar-refractivity contribution in [3.63, 3.8) is 0 Å². The van der Waals surface area contributed by atoms with Gasteiger partial charge in [-0.1, -0.05) is 95.6 Å². The van der Waals surface area contributed by atoms with Gasteiger partial charge in [0.25, 0.3) is 0 Å². The fraction of sp³-hybridized carbons (Fsp3) is 0.769. The third-order valence-corrected chi connectivity index (χ3v) is 4.89. The van der Waals surface area contributed by atoms with Gasteiger partial charge in [0, 0.05) is 0 Å². The monoisotopic (exact) mass is 388 g/mol. The van der Waals surface area contributed by atoms with E-state index in [1.807, 2.05) is 0 Å². The van der Waals surface area contributed by atoms with Gasteiger partial charge in [-0.05, 0) is 56.3 Å². The van der Waals surface area contributed by atoms with Crippen LogP contribution in [0.25, 0.3) is 0 Å². The Hall–Kier alpha value is -1.22. The summed E-state index contributed by atoms with van der Waals surface area (Å²) in [6.45, 7) is 4.44. The zero-order valence-electron chi connectivity index (χ0n) is 18.5. The molecule has 0 amide bonds. The van der Waals surface area contributed by atoms with Crippen LogP contribution in [0.4, 0.5) is 0 Å². The minimum absolute atomic E-state index is 0.181. The molecule has 0 radical (unpaired) electrons. The van der Waals surface area contributed by atoms with E-state index in [1.165, 1.54) is 77.0 Å². The summed E-state index contributed by atoms with van der Waals surface area (Å²) in [6, 6.07) is 0. The Balaban J connectivity index is 3.27. The molecule has 2 N–H and O–H groups in total. The zero-order chi connectivity index (χ0) is 20.7. The van der Waals surface area contributed by atoms with E-state index in [4.69, 9.17) is 5.11 Å². The molecule has 0 bridgehead atoms. The van der Waals surface area contributed by atoms with Gasteiger partial charge in [-0.25, -0.2) is 0 Å². The van der Waals surface area contributed by atoms with E-state index in [1.54, 1.807) is 0 Å². The molecular weight excluding hydrogens is 344 g/mol. The molecule has 0 saturated heterocycles. The van der Waals surface area contributed by atoms with E-state index >= 15 is 0 Å².